The molecule has 4 unspecified atom stereocenters. The molecule has 0 amide bonds. The van der Waals surface area contributed by atoms with Crippen molar-refractivity contribution in [2.24, 2.45) is 0 Å². The van der Waals surface area contributed by atoms with Crippen LogP contribution in [0.2, 0.25) is 0 Å². The van der Waals surface area contributed by atoms with Gasteiger partial charge in [-0.05, 0) is 53.3 Å². The SMILES string of the molecule is CCc1cc2c([nH]1)N1CCNC(C#CC(c3c(O)c(OC)c(OCCC(O)C=Cc4ccccc4)c4c3OC(c3ccc(O)cc3)CC4=O)Cc3cccc-2c3)C1. The van der Waals surface area contributed by atoms with Gasteiger partial charge in [0, 0.05) is 37.3 Å². The molecule has 5 N–H and O–H groups in total. The quantitative estimate of drug-likeness (QED) is 0.0926. The van der Waals surface area contributed by atoms with Crippen molar-refractivity contribution < 1.29 is 34.3 Å². The number of anilines is 1. The first kappa shape index (κ1) is 37.8. The van der Waals surface area contributed by atoms with Gasteiger partial charge < -0.3 is 44.7 Å². The normalized spacial score (nSPS) is 19.2. The lowest BCUT2D eigenvalue weighted by atomic mass is 9.85. The first-order valence-corrected chi connectivity index (χ1v) is 19.6. The highest BCUT2D eigenvalue weighted by Gasteiger charge is 2.39. The fraction of sp³-hybridized carbons (Fsp3) is 0.298. The van der Waals surface area contributed by atoms with Gasteiger partial charge in [-0.2, -0.15) is 0 Å². The number of aliphatic hydroxyl groups excluding tert-OH is 1. The van der Waals surface area contributed by atoms with Gasteiger partial charge in [0.2, 0.25) is 5.75 Å². The zero-order valence-electron chi connectivity index (χ0n) is 32.1. The molecule has 10 nitrogen and oxygen atoms in total. The van der Waals surface area contributed by atoms with Crippen molar-refractivity contribution in [1.82, 2.24) is 10.3 Å². The first-order chi connectivity index (χ1) is 27.8. The lowest BCUT2D eigenvalue weighted by Crippen LogP contribution is -2.50. The number of aromatic nitrogens is 1. The maximum absolute atomic E-state index is 14.4. The van der Waals surface area contributed by atoms with Crippen molar-refractivity contribution in [3.8, 4) is 51.7 Å². The number of hydrogen-bond donors (Lipinski definition) is 5. The van der Waals surface area contributed by atoms with Gasteiger partial charge in [0.25, 0.3) is 0 Å². The Morgan fingerprint density at radius 2 is 1.82 bits per heavy atom. The van der Waals surface area contributed by atoms with Crippen LogP contribution in [0.3, 0.4) is 0 Å². The summed E-state index contributed by atoms with van der Waals surface area (Å²) in [5.41, 5.74) is 6.52. The molecule has 0 spiro atoms. The molecule has 5 aromatic rings. The topological polar surface area (TPSA) is 137 Å². The number of benzene rings is 4. The zero-order chi connectivity index (χ0) is 39.5. The summed E-state index contributed by atoms with van der Waals surface area (Å²) in [5.74, 6) is 7.33. The minimum absolute atomic E-state index is 0.00536. The van der Waals surface area contributed by atoms with Crippen LogP contribution >= 0.6 is 0 Å². The number of H-pyrrole nitrogens is 1. The van der Waals surface area contributed by atoms with Gasteiger partial charge in [-0.25, -0.2) is 0 Å². The number of aryl methyl sites for hydroxylation is 1. The fourth-order valence-corrected chi connectivity index (χ4v) is 7.94. The largest absolute Gasteiger partial charge is 0.508 e. The average Bonchev–Trinajstić information content (AvgIpc) is 3.67. The molecule has 1 aromatic heterocycles. The molecule has 0 saturated carbocycles. The Morgan fingerprint density at radius 3 is 2.61 bits per heavy atom. The Kier molecular flexibility index (Phi) is 10.9. The third kappa shape index (κ3) is 7.95. The molecule has 292 valence electrons. The minimum Gasteiger partial charge on any atom is -0.508 e. The summed E-state index contributed by atoms with van der Waals surface area (Å²) in [6.07, 6.45) is 3.50. The summed E-state index contributed by atoms with van der Waals surface area (Å²) < 4.78 is 18.9. The highest BCUT2D eigenvalue weighted by molar-refractivity contribution is 6.05. The molecule has 57 heavy (non-hydrogen) atoms. The number of fused-ring (bicyclic) bond motifs is 8. The standard InChI is InChI=1S/C47H47N3O7/c1-3-34-26-38-32-11-7-10-30(24-32)25-33(13-16-35-28-50(22-21-48-35)47(38)49-34)41-43(54)46(55-2)45(56-23-20-37(52)17-12-29-8-5-4-6-9-29)42-39(53)27-40(57-44(41)42)31-14-18-36(51)19-15-31/h4-12,14-15,17-19,24,26,33,35,37,40,48-49,51-52,54H,3,20-23,25,27-28H2,1-2H3. The molecule has 4 atom stereocenters. The average molecular weight is 766 g/mol. The number of nitrogens with zero attached hydrogens (tertiary/aromatic N) is 1. The van der Waals surface area contributed by atoms with Crippen LogP contribution in [0.15, 0.2) is 91.0 Å². The highest BCUT2D eigenvalue weighted by Crippen LogP contribution is 2.55. The van der Waals surface area contributed by atoms with E-state index in [0.717, 1.165) is 53.3 Å². The predicted octanol–water partition coefficient (Wildman–Crippen LogP) is 7.34. The van der Waals surface area contributed by atoms with Crippen LogP contribution in [-0.2, 0) is 12.8 Å². The van der Waals surface area contributed by atoms with E-state index >= 15 is 0 Å². The Bertz CT molecular complexity index is 2340. The van der Waals surface area contributed by atoms with Gasteiger partial charge in [-0.1, -0.05) is 97.6 Å². The molecule has 8 rings (SSSR count). The van der Waals surface area contributed by atoms with E-state index in [1.54, 1.807) is 30.3 Å². The number of carbonyl (C=O) groups excluding carboxylic acids is 1. The van der Waals surface area contributed by atoms with Crippen LogP contribution in [0.5, 0.6) is 28.7 Å². The van der Waals surface area contributed by atoms with Crippen molar-refractivity contribution in [3.05, 3.63) is 125 Å². The molecule has 10 heteroatoms. The summed E-state index contributed by atoms with van der Waals surface area (Å²) >= 11 is 0. The maximum Gasteiger partial charge on any atom is 0.204 e. The summed E-state index contributed by atoms with van der Waals surface area (Å²) in [7, 11) is 1.43. The highest BCUT2D eigenvalue weighted by atomic mass is 16.5. The number of Topliss-reactive ketones (excluding diaryl/α,β-unsaturated/α-hetero) is 1. The number of phenolic OH excluding ortho intramolecular Hbond substituents is 2. The van der Waals surface area contributed by atoms with E-state index in [1.807, 2.05) is 42.5 Å². The Morgan fingerprint density at radius 1 is 1.00 bits per heavy atom. The molecule has 1 fully saturated rings. The number of hydrogen-bond acceptors (Lipinski definition) is 9. The van der Waals surface area contributed by atoms with Crippen LogP contribution in [0.4, 0.5) is 5.82 Å². The summed E-state index contributed by atoms with van der Waals surface area (Å²) in [5, 5.41) is 36.7. The van der Waals surface area contributed by atoms with Crippen molar-refractivity contribution in [3.63, 3.8) is 0 Å². The molecule has 4 heterocycles. The van der Waals surface area contributed by atoms with Crippen LogP contribution in [0.25, 0.3) is 17.2 Å². The summed E-state index contributed by atoms with van der Waals surface area (Å²) in [6.45, 7) is 4.39. The molecular weight excluding hydrogens is 719 g/mol. The molecular formula is C47H47N3O7. The van der Waals surface area contributed by atoms with Crippen LogP contribution < -0.4 is 24.4 Å². The number of phenols is 2. The van der Waals surface area contributed by atoms with Gasteiger partial charge in [0.1, 0.15) is 29.0 Å². The Labute approximate surface area is 332 Å². The number of methoxy groups -OCH3 is 1. The molecule has 1 saturated heterocycles. The smallest absolute Gasteiger partial charge is 0.204 e. The molecule has 4 bridgehead atoms. The lowest BCUT2D eigenvalue weighted by Gasteiger charge is -2.33. The number of aromatic amines is 1. The van der Waals surface area contributed by atoms with E-state index in [1.165, 1.54) is 7.11 Å². The van der Waals surface area contributed by atoms with E-state index < -0.39 is 18.1 Å². The minimum atomic E-state index is -0.826. The number of piperazine rings is 1. The third-order valence-electron chi connectivity index (χ3n) is 10.9. The first-order valence-electron chi connectivity index (χ1n) is 19.6. The van der Waals surface area contributed by atoms with Gasteiger partial charge in [-0.3, -0.25) is 4.79 Å². The van der Waals surface area contributed by atoms with E-state index in [9.17, 15) is 20.1 Å². The van der Waals surface area contributed by atoms with E-state index in [0.29, 0.717) is 24.1 Å². The van der Waals surface area contributed by atoms with E-state index in [-0.39, 0.29) is 65.6 Å². The van der Waals surface area contributed by atoms with Crippen molar-refractivity contribution in [2.45, 2.75) is 56.8 Å². The number of rotatable bonds is 10. The number of carbonyl (C=O) groups is 1. The summed E-state index contributed by atoms with van der Waals surface area (Å²) in [6, 6.07) is 26.7. The molecule has 4 aromatic carbocycles. The number of aliphatic hydroxyl groups is 1. The molecule has 0 aliphatic carbocycles. The Hall–Kier alpha value is -6.15. The van der Waals surface area contributed by atoms with Crippen molar-refractivity contribution >= 4 is 17.7 Å². The van der Waals surface area contributed by atoms with Crippen LogP contribution in [0.1, 0.15) is 70.1 Å². The van der Waals surface area contributed by atoms with Gasteiger partial charge >= 0.3 is 0 Å². The predicted molar refractivity (Wildman–Crippen MR) is 221 cm³/mol. The fourth-order valence-electron chi connectivity index (χ4n) is 7.94. The lowest BCUT2D eigenvalue weighted by molar-refractivity contribution is 0.0836. The number of ketones is 1. The molecule has 3 aliphatic heterocycles. The van der Waals surface area contributed by atoms with Gasteiger partial charge in [-0.15, -0.1) is 0 Å². The van der Waals surface area contributed by atoms with E-state index in [2.05, 4.69) is 58.2 Å². The van der Waals surface area contributed by atoms with Gasteiger partial charge in [0.05, 0.1) is 43.8 Å². The second kappa shape index (κ2) is 16.5. The van der Waals surface area contributed by atoms with Crippen LogP contribution in [-0.4, -0.2) is 71.6 Å². The van der Waals surface area contributed by atoms with Crippen LogP contribution in [0, 0.1) is 11.8 Å². The number of nitrogens with one attached hydrogen (secondary N) is 2. The zero-order valence-corrected chi connectivity index (χ0v) is 32.1. The Balaban J connectivity index is 1.22. The van der Waals surface area contributed by atoms with E-state index in [4.69, 9.17) is 14.2 Å². The number of aromatic hydroxyl groups is 2. The van der Waals surface area contributed by atoms with Crippen molar-refractivity contribution in [2.75, 3.05) is 38.3 Å². The summed E-state index contributed by atoms with van der Waals surface area (Å²) in [4.78, 5) is 20.4. The monoisotopic (exact) mass is 765 g/mol. The number of ether oxygens (including phenoxy) is 3. The van der Waals surface area contributed by atoms with Crippen molar-refractivity contribution in [1.29, 1.82) is 0 Å². The van der Waals surface area contributed by atoms with Gasteiger partial charge in [0.15, 0.2) is 17.3 Å². The maximum atomic E-state index is 14.4. The second-order valence-electron chi connectivity index (χ2n) is 14.7. The second-order valence-corrected chi connectivity index (χ2v) is 14.7. The molecule has 3 aliphatic rings. The molecule has 0 radical (unpaired) electrons. The third-order valence-corrected chi connectivity index (χ3v) is 10.9.